The first kappa shape index (κ1) is 25.8. The van der Waals surface area contributed by atoms with Crippen molar-refractivity contribution in [2.45, 2.75) is 20.8 Å². The molecule has 2 N–H and O–H groups in total. The predicted octanol–water partition coefficient (Wildman–Crippen LogP) is 3.26. The molecule has 1 amide bonds. The fourth-order valence-corrected chi connectivity index (χ4v) is 4.19. The van der Waals surface area contributed by atoms with Crippen LogP contribution in [0.4, 0.5) is 11.4 Å². The number of benzene rings is 2. The van der Waals surface area contributed by atoms with E-state index < -0.39 is 17.1 Å². The summed E-state index contributed by atoms with van der Waals surface area (Å²) in [5.41, 5.74) is 1.64. The SMILES string of the molecule is CCOc1ccc(N=C(SCC(=O)Nc2ccc(C)cc2C)c2c(O)n(C)c(=O)n(C)c2=O)cc1. The molecule has 1 aromatic heterocycles. The number of nitrogens with one attached hydrogen (secondary N) is 1. The molecule has 35 heavy (non-hydrogen) atoms. The quantitative estimate of drug-likeness (QED) is 0.383. The molecule has 0 atom stereocenters. The molecule has 184 valence electrons. The van der Waals surface area contributed by atoms with Gasteiger partial charge in [-0.1, -0.05) is 29.5 Å². The van der Waals surface area contributed by atoms with Crippen LogP contribution < -0.4 is 21.3 Å². The zero-order valence-corrected chi connectivity index (χ0v) is 21.1. The van der Waals surface area contributed by atoms with Crippen molar-refractivity contribution in [3.63, 3.8) is 0 Å². The highest BCUT2D eigenvalue weighted by molar-refractivity contribution is 8.15. The molecule has 0 bridgehead atoms. The van der Waals surface area contributed by atoms with E-state index in [4.69, 9.17) is 4.74 Å². The maximum Gasteiger partial charge on any atom is 0.333 e. The van der Waals surface area contributed by atoms with E-state index in [2.05, 4.69) is 10.3 Å². The number of amides is 1. The van der Waals surface area contributed by atoms with Crippen LogP contribution in [0.5, 0.6) is 11.6 Å². The lowest BCUT2D eigenvalue weighted by Crippen LogP contribution is -2.39. The van der Waals surface area contributed by atoms with Crippen LogP contribution in [0.25, 0.3) is 0 Å². The Kier molecular flexibility index (Phi) is 8.18. The number of aromatic hydroxyl groups is 1. The molecule has 0 fully saturated rings. The van der Waals surface area contributed by atoms with Crippen molar-refractivity contribution in [2.24, 2.45) is 19.1 Å². The Hall–Kier alpha value is -3.79. The summed E-state index contributed by atoms with van der Waals surface area (Å²) in [4.78, 5) is 42.4. The Morgan fingerprint density at radius 3 is 2.40 bits per heavy atom. The van der Waals surface area contributed by atoms with Gasteiger partial charge >= 0.3 is 5.69 Å². The Balaban J connectivity index is 1.97. The molecule has 0 saturated carbocycles. The van der Waals surface area contributed by atoms with E-state index in [0.29, 0.717) is 23.7 Å². The summed E-state index contributed by atoms with van der Waals surface area (Å²) in [7, 11) is 2.67. The number of carbonyl (C=O) groups excluding carboxylic acids is 1. The molecule has 0 unspecified atom stereocenters. The second kappa shape index (κ2) is 11.1. The van der Waals surface area contributed by atoms with Gasteiger partial charge in [0.05, 0.1) is 18.0 Å². The monoisotopic (exact) mass is 496 g/mol. The molecular weight excluding hydrogens is 468 g/mol. The number of aryl methyl sites for hydroxylation is 2. The third-order valence-corrected chi connectivity index (χ3v) is 6.20. The van der Waals surface area contributed by atoms with Gasteiger partial charge in [-0.15, -0.1) is 0 Å². The van der Waals surface area contributed by atoms with E-state index in [0.717, 1.165) is 32.0 Å². The van der Waals surface area contributed by atoms with E-state index >= 15 is 0 Å². The normalized spacial score (nSPS) is 11.4. The number of rotatable bonds is 7. The largest absolute Gasteiger partial charge is 0.494 e. The van der Waals surface area contributed by atoms with Crippen molar-refractivity contribution in [1.82, 2.24) is 9.13 Å². The van der Waals surface area contributed by atoms with Crippen LogP contribution in [0.15, 0.2) is 57.0 Å². The maximum absolute atomic E-state index is 12.9. The van der Waals surface area contributed by atoms with Crippen molar-refractivity contribution < 1.29 is 14.6 Å². The minimum absolute atomic E-state index is 0.0748. The van der Waals surface area contributed by atoms with Gasteiger partial charge in [-0.05, 0) is 56.7 Å². The summed E-state index contributed by atoms with van der Waals surface area (Å²) < 4.78 is 7.29. The lowest BCUT2D eigenvalue weighted by Gasteiger charge is -2.13. The summed E-state index contributed by atoms with van der Waals surface area (Å²) in [6.45, 7) is 6.27. The third-order valence-electron chi connectivity index (χ3n) is 5.22. The van der Waals surface area contributed by atoms with Gasteiger partial charge in [0.25, 0.3) is 5.56 Å². The molecule has 2 aromatic carbocycles. The van der Waals surface area contributed by atoms with E-state index in [1.54, 1.807) is 24.3 Å². The lowest BCUT2D eigenvalue weighted by molar-refractivity contribution is -0.113. The second-order valence-corrected chi connectivity index (χ2v) is 8.87. The van der Waals surface area contributed by atoms with Gasteiger partial charge in [0.1, 0.15) is 16.4 Å². The minimum Gasteiger partial charge on any atom is -0.494 e. The van der Waals surface area contributed by atoms with E-state index in [1.165, 1.54) is 14.1 Å². The highest BCUT2D eigenvalue weighted by atomic mass is 32.2. The Labute approximate surface area is 207 Å². The Morgan fingerprint density at radius 1 is 1.09 bits per heavy atom. The van der Waals surface area contributed by atoms with Crippen LogP contribution >= 0.6 is 11.8 Å². The molecule has 10 heteroatoms. The number of anilines is 1. The highest BCUT2D eigenvalue weighted by Crippen LogP contribution is 2.25. The highest BCUT2D eigenvalue weighted by Gasteiger charge is 2.22. The van der Waals surface area contributed by atoms with Gasteiger partial charge in [0.2, 0.25) is 11.8 Å². The Bertz CT molecular complexity index is 1390. The number of aliphatic imine (C=N–C) groups is 1. The first-order valence-corrected chi connectivity index (χ1v) is 11.9. The standard InChI is InChI=1S/C25H28N4O5S/c1-6-34-18-10-8-17(9-11-18)26-22(21-23(31)28(4)25(33)29(5)24(21)32)35-14-20(30)27-19-12-7-15(2)13-16(19)3/h7-13,31H,6,14H2,1-5H3,(H,27,30). The number of aromatic nitrogens is 2. The van der Waals surface area contributed by atoms with Crippen LogP contribution in [0.2, 0.25) is 0 Å². The first-order valence-electron chi connectivity index (χ1n) is 10.9. The smallest absolute Gasteiger partial charge is 0.333 e. The lowest BCUT2D eigenvalue weighted by atomic mass is 10.1. The van der Waals surface area contributed by atoms with Crippen molar-refractivity contribution >= 4 is 34.1 Å². The zero-order chi connectivity index (χ0) is 25.7. The minimum atomic E-state index is -0.711. The molecule has 3 rings (SSSR count). The van der Waals surface area contributed by atoms with Crippen LogP contribution in [0, 0.1) is 13.8 Å². The maximum atomic E-state index is 12.9. The molecule has 0 spiro atoms. The van der Waals surface area contributed by atoms with E-state index in [-0.39, 0.29) is 22.3 Å². The average Bonchev–Trinajstić information content (AvgIpc) is 2.83. The molecule has 1 heterocycles. The molecule has 0 aliphatic carbocycles. The molecule has 0 radical (unpaired) electrons. The number of carbonyl (C=O) groups is 1. The summed E-state index contributed by atoms with van der Waals surface area (Å²) in [6.07, 6.45) is 0. The van der Waals surface area contributed by atoms with E-state index in [1.807, 2.05) is 39.0 Å². The van der Waals surface area contributed by atoms with Gasteiger partial charge in [-0.25, -0.2) is 9.79 Å². The molecule has 0 aliphatic rings. The van der Waals surface area contributed by atoms with Gasteiger partial charge in [-0.3, -0.25) is 18.7 Å². The van der Waals surface area contributed by atoms with Gasteiger partial charge in [0.15, 0.2) is 0 Å². The predicted molar refractivity (Wildman–Crippen MR) is 139 cm³/mol. The van der Waals surface area contributed by atoms with Crippen LogP contribution in [0.1, 0.15) is 23.6 Å². The number of hydrogen-bond acceptors (Lipinski definition) is 7. The van der Waals surface area contributed by atoms with Crippen molar-refractivity contribution in [2.75, 3.05) is 17.7 Å². The van der Waals surface area contributed by atoms with Crippen molar-refractivity contribution in [3.05, 3.63) is 80.0 Å². The number of thioether (sulfide) groups is 1. The summed E-state index contributed by atoms with van der Waals surface area (Å²) in [5, 5.41) is 13.6. The van der Waals surface area contributed by atoms with Gasteiger partial charge in [0, 0.05) is 19.8 Å². The first-order chi connectivity index (χ1) is 16.6. The van der Waals surface area contributed by atoms with Crippen LogP contribution in [-0.4, -0.2) is 37.6 Å². The summed E-state index contributed by atoms with van der Waals surface area (Å²) in [5.74, 6) is -0.240. The molecule has 0 aliphatic heterocycles. The molecule has 9 nitrogen and oxygen atoms in total. The molecule has 0 saturated heterocycles. The van der Waals surface area contributed by atoms with Crippen molar-refractivity contribution in [1.29, 1.82) is 0 Å². The third kappa shape index (κ3) is 6.02. The van der Waals surface area contributed by atoms with Crippen LogP contribution in [-0.2, 0) is 18.9 Å². The molecule has 3 aromatic rings. The number of hydrogen-bond donors (Lipinski definition) is 2. The van der Waals surface area contributed by atoms with E-state index in [9.17, 15) is 19.5 Å². The average molecular weight is 497 g/mol. The van der Waals surface area contributed by atoms with Crippen molar-refractivity contribution in [3.8, 4) is 11.6 Å². The zero-order valence-electron chi connectivity index (χ0n) is 20.3. The summed E-state index contributed by atoms with van der Waals surface area (Å²) in [6, 6.07) is 12.6. The van der Waals surface area contributed by atoms with Gasteiger partial charge in [-0.2, -0.15) is 0 Å². The Morgan fingerprint density at radius 2 is 1.77 bits per heavy atom. The molecular formula is C25H28N4O5S. The van der Waals surface area contributed by atoms with Crippen LogP contribution in [0.3, 0.4) is 0 Å². The van der Waals surface area contributed by atoms with Gasteiger partial charge < -0.3 is 15.2 Å². The summed E-state index contributed by atoms with van der Waals surface area (Å²) >= 11 is 0.990. The number of nitrogens with zero attached hydrogens (tertiary/aromatic N) is 3. The fraction of sp³-hybridized carbons (Fsp3) is 0.280. The number of ether oxygens (including phenoxy) is 1. The topological polar surface area (TPSA) is 115 Å². The fourth-order valence-electron chi connectivity index (χ4n) is 3.36. The second-order valence-electron chi connectivity index (χ2n) is 7.90.